The molecule has 5 nitrogen and oxygen atoms in total. The van der Waals surface area contributed by atoms with Gasteiger partial charge in [0.25, 0.3) is 0 Å². The van der Waals surface area contributed by atoms with Crippen LogP contribution in [0, 0.1) is 0 Å². The molecule has 0 amide bonds. The fourth-order valence-electron chi connectivity index (χ4n) is 3.11. The van der Waals surface area contributed by atoms with Gasteiger partial charge < -0.3 is 24.3 Å². The maximum atomic E-state index is 6.22. The average Bonchev–Trinajstić information content (AvgIpc) is 2.77. The van der Waals surface area contributed by atoms with Crippen molar-refractivity contribution < 1.29 is 18.9 Å². The molecular weight excluding hydrogens is 470 g/mol. The van der Waals surface area contributed by atoms with E-state index in [4.69, 9.17) is 30.5 Å². The van der Waals surface area contributed by atoms with Gasteiger partial charge in [0.2, 0.25) is 0 Å². The number of methoxy groups -OCH3 is 1. The van der Waals surface area contributed by atoms with E-state index in [2.05, 4.69) is 21.2 Å². The Kier molecular flexibility index (Phi) is 6.55. The van der Waals surface area contributed by atoms with Crippen molar-refractivity contribution in [3.8, 4) is 23.0 Å². The van der Waals surface area contributed by atoms with E-state index in [9.17, 15) is 0 Å². The molecule has 0 aliphatic carbocycles. The maximum Gasteiger partial charge on any atom is 0.163 e. The summed E-state index contributed by atoms with van der Waals surface area (Å²) < 4.78 is 23.6. The van der Waals surface area contributed by atoms with Crippen molar-refractivity contribution in [2.45, 2.75) is 13.2 Å². The van der Waals surface area contributed by atoms with E-state index in [0.29, 0.717) is 42.9 Å². The summed E-state index contributed by atoms with van der Waals surface area (Å²) in [5, 5.41) is 4.09. The zero-order chi connectivity index (χ0) is 20.9. The molecule has 3 aromatic rings. The van der Waals surface area contributed by atoms with Gasteiger partial charge >= 0.3 is 0 Å². The predicted octanol–water partition coefficient (Wildman–Crippen LogP) is 6.07. The van der Waals surface area contributed by atoms with Gasteiger partial charge in [0.1, 0.15) is 19.8 Å². The first-order valence-corrected chi connectivity index (χ1v) is 10.7. The standard InChI is InChI=1S/C23H21BrClNO4/c1-27-21-10-16(13-26-17-6-7-20-22(11-17)29-9-8-28-20)18(24)12-23(21)30-14-15-4-2-3-5-19(15)25/h2-7,10-12,26H,8-9,13-14H2,1H3. The highest BCUT2D eigenvalue weighted by atomic mass is 79.9. The largest absolute Gasteiger partial charge is 0.493 e. The molecule has 7 heteroatoms. The molecule has 0 bridgehead atoms. The van der Waals surface area contributed by atoms with Crippen molar-refractivity contribution in [1.82, 2.24) is 0 Å². The van der Waals surface area contributed by atoms with Crippen LogP contribution in [0.25, 0.3) is 0 Å². The van der Waals surface area contributed by atoms with Crippen LogP contribution >= 0.6 is 27.5 Å². The first kappa shape index (κ1) is 20.7. The zero-order valence-corrected chi connectivity index (χ0v) is 18.8. The molecule has 0 spiro atoms. The van der Waals surface area contributed by atoms with E-state index >= 15 is 0 Å². The molecule has 0 saturated heterocycles. The fraction of sp³-hybridized carbons (Fsp3) is 0.217. The fourth-order valence-corrected chi connectivity index (χ4v) is 3.76. The van der Waals surface area contributed by atoms with E-state index < -0.39 is 0 Å². The Labute approximate surface area is 189 Å². The van der Waals surface area contributed by atoms with E-state index in [-0.39, 0.29) is 0 Å². The van der Waals surface area contributed by atoms with Crippen molar-refractivity contribution in [3.05, 3.63) is 75.2 Å². The molecule has 4 rings (SSSR count). The number of rotatable bonds is 7. The predicted molar refractivity (Wildman–Crippen MR) is 121 cm³/mol. The summed E-state index contributed by atoms with van der Waals surface area (Å²) in [7, 11) is 1.63. The number of benzene rings is 3. The van der Waals surface area contributed by atoms with Gasteiger partial charge in [0.15, 0.2) is 23.0 Å². The summed E-state index contributed by atoms with van der Waals surface area (Å²) in [5.41, 5.74) is 2.90. The van der Waals surface area contributed by atoms with Crippen LogP contribution < -0.4 is 24.3 Å². The third-order valence-electron chi connectivity index (χ3n) is 4.70. The Hall–Kier alpha value is -2.57. The Morgan fingerprint density at radius 3 is 2.57 bits per heavy atom. The minimum atomic E-state index is 0.358. The van der Waals surface area contributed by atoms with E-state index in [1.807, 2.05) is 54.6 Å². The molecule has 0 aromatic heterocycles. The molecule has 0 unspecified atom stereocenters. The van der Waals surface area contributed by atoms with Gasteiger partial charge in [-0.05, 0) is 35.9 Å². The molecular formula is C23H21BrClNO4. The van der Waals surface area contributed by atoms with Crippen molar-refractivity contribution in [3.63, 3.8) is 0 Å². The highest BCUT2D eigenvalue weighted by molar-refractivity contribution is 9.10. The molecule has 0 atom stereocenters. The SMILES string of the molecule is COc1cc(CNc2ccc3c(c2)OCCO3)c(Br)cc1OCc1ccccc1Cl. The van der Waals surface area contributed by atoms with Crippen LogP contribution in [0.2, 0.25) is 5.02 Å². The molecule has 0 fully saturated rings. The van der Waals surface area contributed by atoms with Gasteiger partial charge in [-0.15, -0.1) is 0 Å². The van der Waals surface area contributed by atoms with Gasteiger partial charge in [-0.2, -0.15) is 0 Å². The number of hydrogen-bond acceptors (Lipinski definition) is 5. The lowest BCUT2D eigenvalue weighted by atomic mass is 10.2. The molecule has 1 heterocycles. The molecule has 1 aliphatic rings. The molecule has 0 saturated carbocycles. The summed E-state index contributed by atoms with van der Waals surface area (Å²) in [6.45, 7) is 2.10. The van der Waals surface area contributed by atoms with Crippen LogP contribution in [-0.4, -0.2) is 20.3 Å². The summed E-state index contributed by atoms with van der Waals surface area (Å²) in [6, 6.07) is 17.3. The number of halogens is 2. The number of hydrogen-bond donors (Lipinski definition) is 1. The van der Waals surface area contributed by atoms with E-state index in [1.165, 1.54) is 0 Å². The van der Waals surface area contributed by atoms with E-state index in [0.717, 1.165) is 32.8 Å². The van der Waals surface area contributed by atoms with Gasteiger partial charge in [0, 0.05) is 33.4 Å². The lowest BCUT2D eigenvalue weighted by Crippen LogP contribution is -2.15. The van der Waals surface area contributed by atoms with Crippen LogP contribution in [0.15, 0.2) is 59.1 Å². The minimum absolute atomic E-state index is 0.358. The molecule has 0 radical (unpaired) electrons. The summed E-state index contributed by atoms with van der Waals surface area (Å²) in [6.07, 6.45) is 0. The summed E-state index contributed by atoms with van der Waals surface area (Å²) >= 11 is 9.86. The Balaban J connectivity index is 1.46. The Morgan fingerprint density at radius 1 is 0.967 bits per heavy atom. The average molecular weight is 491 g/mol. The lowest BCUT2D eigenvalue weighted by molar-refractivity contribution is 0.171. The third kappa shape index (κ3) is 4.77. The van der Waals surface area contributed by atoms with Crippen molar-refractivity contribution in [1.29, 1.82) is 0 Å². The number of ether oxygens (including phenoxy) is 4. The first-order valence-electron chi connectivity index (χ1n) is 9.50. The monoisotopic (exact) mass is 489 g/mol. The highest BCUT2D eigenvalue weighted by Crippen LogP contribution is 2.36. The van der Waals surface area contributed by atoms with Crippen LogP contribution in [-0.2, 0) is 13.2 Å². The van der Waals surface area contributed by atoms with E-state index in [1.54, 1.807) is 7.11 Å². The number of fused-ring (bicyclic) bond motifs is 1. The van der Waals surface area contributed by atoms with Crippen LogP contribution in [0.4, 0.5) is 5.69 Å². The van der Waals surface area contributed by atoms with Gasteiger partial charge in [-0.3, -0.25) is 0 Å². The maximum absolute atomic E-state index is 6.22. The number of anilines is 1. The van der Waals surface area contributed by atoms with Crippen molar-refractivity contribution >= 4 is 33.2 Å². The summed E-state index contributed by atoms with van der Waals surface area (Å²) in [5.74, 6) is 2.83. The summed E-state index contributed by atoms with van der Waals surface area (Å²) in [4.78, 5) is 0. The van der Waals surface area contributed by atoms with Gasteiger partial charge in [0.05, 0.1) is 7.11 Å². The quantitative estimate of drug-likeness (QED) is 0.435. The van der Waals surface area contributed by atoms with Crippen LogP contribution in [0.3, 0.4) is 0 Å². The third-order valence-corrected chi connectivity index (χ3v) is 5.81. The molecule has 1 aliphatic heterocycles. The van der Waals surface area contributed by atoms with Crippen LogP contribution in [0.5, 0.6) is 23.0 Å². The molecule has 1 N–H and O–H groups in total. The van der Waals surface area contributed by atoms with Gasteiger partial charge in [-0.1, -0.05) is 45.7 Å². The first-order chi connectivity index (χ1) is 14.6. The number of nitrogens with one attached hydrogen (secondary N) is 1. The second kappa shape index (κ2) is 9.49. The smallest absolute Gasteiger partial charge is 0.163 e. The Morgan fingerprint density at radius 2 is 1.77 bits per heavy atom. The second-order valence-electron chi connectivity index (χ2n) is 6.69. The van der Waals surface area contributed by atoms with Crippen molar-refractivity contribution in [2.24, 2.45) is 0 Å². The zero-order valence-electron chi connectivity index (χ0n) is 16.4. The molecule has 3 aromatic carbocycles. The second-order valence-corrected chi connectivity index (χ2v) is 7.95. The lowest BCUT2D eigenvalue weighted by Gasteiger charge is -2.19. The van der Waals surface area contributed by atoms with Crippen molar-refractivity contribution in [2.75, 3.05) is 25.6 Å². The highest BCUT2D eigenvalue weighted by Gasteiger charge is 2.14. The minimum Gasteiger partial charge on any atom is -0.493 e. The molecule has 156 valence electrons. The topological polar surface area (TPSA) is 49.0 Å². The molecule has 30 heavy (non-hydrogen) atoms. The normalized spacial score (nSPS) is 12.4. The van der Waals surface area contributed by atoms with Gasteiger partial charge in [-0.25, -0.2) is 0 Å². The Bertz CT molecular complexity index is 1040. The van der Waals surface area contributed by atoms with Crippen LogP contribution in [0.1, 0.15) is 11.1 Å².